The molecule has 1 heterocycles. The average Bonchev–Trinajstić information content (AvgIpc) is 2.56. The quantitative estimate of drug-likeness (QED) is 0.747. The summed E-state index contributed by atoms with van der Waals surface area (Å²) in [6.07, 6.45) is 1.07. The zero-order valence-corrected chi connectivity index (χ0v) is 15.5. The zero-order chi connectivity index (χ0) is 17.5. The number of hydrogen-bond acceptors (Lipinski definition) is 5. The van der Waals surface area contributed by atoms with Gasteiger partial charge in [0.1, 0.15) is 5.82 Å². The van der Waals surface area contributed by atoms with E-state index >= 15 is 0 Å². The van der Waals surface area contributed by atoms with Gasteiger partial charge in [-0.25, -0.2) is 4.98 Å². The Balaban J connectivity index is 2.20. The molecule has 0 radical (unpaired) electrons. The molecule has 0 amide bonds. The Morgan fingerprint density at radius 1 is 1.00 bits per heavy atom. The topological polar surface area (TPSA) is 53.1 Å². The first-order valence-corrected chi connectivity index (χ1v) is 8.79. The Kier molecular flexibility index (Phi) is 6.41. The fourth-order valence-electron chi connectivity index (χ4n) is 2.66. The van der Waals surface area contributed by atoms with Crippen LogP contribution in [0.2, 0.25) is 0 Å². The van der Waals surface area contributed by atoms with Gasteiger partial charge in [-0.2, -0.15) is 4.98 Å². The third-order valence-electron chi connectivity index (χ3n) is 4.00. The van der Waals surface area contributed by atoms with E-state index in [1.165, 1.54) is 11.3 Å². The van der Waals surface area contributed by atoms with E-state index in [2.05, 4.69) is 71.4 Å². The minimum absolute atomic E-state index is 0.632. The van der Waals surface area contributed by atoms with Gasteiger partial charge in [0.2, 0.25) is 5.95 Å². The number of hydrogen-bond donors (Lipinski definition) is 2. The lowest BCUT2D eigenvalue weighted by Crippen LogP contribution is -2.21. The fourth-order valence-corrected chi connectivity index (χ4v) is 2.66. The van der Waals surface area contributed by atoms with E-state index in [4.69, 9.17) is 0 Å². The minimum atomic E-state index is 0.632. The third-order valence-corrected chi connectivity index (χ3v) is 4.00. The molecule has 5 nitrogen and oxygen atoms in total. The van der Waals surface area contributed by atoms with Gasteiger partial charge in [0, 0.05) is 42.8 Å². The van der Waals surface area contributed by atoms with E-state index in [0.29, 0.717) is 5.95 Å². The van der Waals surface area contributed by atoms with E-state index in [9.17, 15) is 0 Å². The average molecular weight is 327 g/mol. The van der Waals surface area contributed by atoms with E-state index in [0.717, 1.165) is 43.3 Å². The molecule has 2 N–H and O–H groups in total. The van der Waals surface area contributed by atoms with Crippen molar-refractivity contribution in [2.24, 2.45) is 0 Å². The molecule has 0 bridgehead atoms. The van der Waals surface area contributed by atoms with Gasteiger partial charge in [-0.15, -0.1) is 0 Å². The third kappa shape index (κ3) is 4.60. The molecule has 0 aliphatic heterocycles. The summed E-state index contributed by atoms with van der Waals surface area (Å²) in [4.78, 5) is 11.4. The van der Waals surface area contributed by atoms with E-state index in [1.807, 2.05) is 13.0 Å². The first kappa shape index (κ1) is 18.0. The summed E-state index contributed by atoms with van der Waals surface area (Å²) in [7, 11) is 0. The number of anilines is 4. The van der Waals surface area contributed by atoms with Crippen molar-refractivity contribution in [1.82, 2.24) is 9.97 Å². The van der Waals surface area contributed by atoms with Crippen LogP contribution in [0.4, 0.5) is 23.1 Å². The van der Waals surface area contributed by atoms with Crippen molar-refractivity contribution in [2.45, 2.75) is 41.0 Å². The van der Waals surface area contributed by atoms with Gasteiger partial charge in [-0.3, -0.25) is 0 Å². The van der Waals surface area contributed by atoms with Crippen LogP contribution in [-0.2, 0) is 0 Å². The molecule has 0 atom stereocenters. The van der Waals surface area contributed by atoms with E-state index in [1.54, 1.807) is 0 Å². The second-order valence-electron chi connectivity index (χ2n) is 5.94. The second kappa shape index (κ2) is 8.52. The van der Waals surface area contributed by atoms with Crippen LogP contribution in [0.25, 0.3) is 0 Å². The Hall–Kier alpha value is -2.30. The highest BCUT2D eigenvalue weighted by Crippen LogP contribution is 2.25. The van der Waals surface area contributed by atoms with Crippen molar-refractivity contribution in [3.05, 3.63) is 35.5 Å². The number of aromatic nitrogens is 2. The number of rotatable bonds is 8. The van der Waals surface area contributed by atoms with Gasteiger partial charge >= 0.3 is 0 Å². The van der Waals surface area contributed by atoms with Gasteiger partial charge in [-0.05, 0) is 57.9 Å². The Bertz CT molecular complexity index is 665. The lowest BCUT2D eigenvalue weighted by atomic mass is 10.1. The van der Waals surface area contributed by atoms with Gasteiger partial charge < -0.3 is 15.5 Å². The number of benzene rings is 1. The summed E-state index contributed by atoms with van der Waals surface area (Å²) in [5, 5.41) is 6.67. The molecule has 0 spiro atoms. The maximum absolute atomic E-state index is 4.55. The fraction of sp³-hybridized carbons (Fsp3) is 0.474. The molecule has 0 aliphatic rings. The summed E-state index contributed by atoms with van der Waals surface area (Å²) in [5.41, 5.74) is 4.42. The largest absolute Gasteiger partial charge is 0.372 e. The first-order valence-electron chi connectivity index (χ1n) is 8.79. The number of nitrogens with zero attached hydrogens (tertiary/aromatic N) is 3. The lowest BCUT2D eigenvalue weighted by Gasteiger charge is -2.22. The monoisotopic (exact) mass is 327 g/mol. The van der Waals surface area contributed by atoms with Gasteiger partial charge in [-0.1, -0.05) is 6.92 Å². The predicted octanol–water partition coefficient (Wildman–Crippen LogP) is 4.51. The van der Waals surface area contributed by atoms with Crippen molar-refractivity contribution in [3.63, 3.8) is 0 Å². The van der Waals surface area contributed by atoms with Gasteiger partial charge in [0.25, 0.3) is 0 Å². The highest BCUT2D eigenvalue weighted by atomic mass is 15.1. The number of nitrogens with one attached hydrogen (secondary N) is 2. The summed E-state index contributed by atoms with van der Waals surface area (Å²) in [6, 6.07) is 8.43. The summed E-state index contributed by atoms with van der Waals surface area (Å²) < 4.78 is 0. The van der Waals surface area contributed by atoms with Crippen molar-refractivity contribution < 1.29 is 0 Å². The maximum atomic E-state index is 4.55. The van der Waals surface area contributed by atoms with Crippen molar-refractivity contribution >= 4 is 23.1 Å². The Morgan fingerprint density at radius 2 is 1.75 bits per heavy atom. The molecule has 2 aromatic rings. The SMILES string of the molecule is CCCNc1cc(C)nc(Nc2ccc(N(CC)CC)cc2C)n1. The van der Waals surface area contributed by atoms with Crippen molar-refractivity contribution in [2.75, 3.05) is 35.2 Å². The summed E-state index contributed by atoms with van der Waals surface area (Å²) in [6.45, 7) is 13.5. The molecule has 2 rings (SSSR count). The lowest BCUT2D eigenvalue weighted by molar-refractivity contribution is 0.866. The molecule has 24 heavy (non-hydrogen) atoms. The van der Waals surface area contributed by atoms with Gasteiger partial charge in [0.05, 0.1) is 0 Å². The normalized spacial score (nSPS) is 10.5. The molecule has 0 saturated heterocycles. The van der Waals surface area contributed by atoms with Crippen LogP contribution in [0, 0.1) is 13.8 Å². The number of aryl methyl sites for hydroxylation is 2. The highest BCUT2D eigenvalue weighted by molar-refractivity contribution is 5.64. The van der Waals surface area contributed by atoms with Crippen LogP contribution < -0.4 is 15.5 Å². The predicted molar refractivity (Wildman–Crippen MR) is 104 cm³/mol. The summed E-state index contributed by atoms with van der Waals surface area (Å²) in [5.74, 6) is 1.50. The smallest absolute Gasteiger partial charge is 0.229 e. The molecule has 130 valence electrons. The Morgan fingerprint density at radius 3 is 2.38 bits per heavy atom. The minimum Gasteiger partial charge on any atom is -0.372 e. The van der Waals surface area contributed by atoms with Crippen LogP contribution in [0.5, 0.6) is 0 Å². The molecule has 0 saturated carbocycles. The second-order valence-corrected chi connectivity index (χ2v) is 5.94. The molecule has 0 unspecified atom stereocenters. The molecular formula is C19H29N5. The summed E-state index contributed by atoms with van der Waals surface area (Å²) >= 11 is 0. The first-order chi connectivity index (χ1) is 11.6. The van der Waals surface area contributed by atoms with Crippen LogP contribution in [0.15, 0.2) is 24.3 Å². The van der Waals surface area contributed by atoms with Gasteiger partial charge in [0.15, 0.2) is 0 Å². The van der Waals surface area contributed by atoms with E-state index in [-0.39, 0.29) is 0 Å². The van der Waals surface area contributed by atoms with Crippen molar-refractivity contribution in [3.8, 4) is 0 Å². The standard InChI is InChI=1S/C19H29N5/c1-6-11-20-18-13-15(5)21-19(23-18)22-17-10-9-16(12-14(17)4)24(7-2)8-3/h9-10,12-13H,6-8,11H2,1-5H3,(H2,20,21,22,23). The molecule has 1 aromatic carbocycles. The maximum Gasteiger partial charge on any atom is 0.229 e. The molecular weight excluding hydrogens is 298 g/mol. The Labute approximate surface area is 145 Å². The highest BCUT2D eigenvalue weighted by Gasteiger charge is 2.07. The van der Waals surface area contributed by atoms with Crippen molar-refractivity contribution in [1.29, 1.82) is 0 Å². The molecule has 0 fully saturated rings. The molecule has 1 aromatic heterocycles. The van der Waals surface area contributed by atoms with E-state index < -0.39 is 0 Å². The molecule has 0 aliphatic carbocycles. The molecule has 5 heteroatoms. The van der Waals surface area contributed by atoms with Crippen LogP contribution in [0.3, 0.4) is 0 Å². The van der Waals surface area contributed by atoms with Crippen LogP contribution >= 0.6 is 0 Å². The van der Waals surface area contributed by atoms with Crippen LogP contribution in [0.1, 0.15) is 38.4 Å². The van der Waals surface area contributed by atoms with Crippen LogP contribution in [-0.4, -0.2) is 29.6 Å². The zero-order valence-electron chi connectivity index (χ0n) is 15.5.